The molecule has 1 atom stereocenters. The minimum atomic E-state index is -1.17. The number of carboxylic acid groups (broad SMARTS) is 1. The Morgan fingerprint density at radius 3 is 2.55 bits per heavy atom. The number of carboxylic acids is 1. The molecule has 2 aromatic rings. The molecule has 22 heavy (non-hydrogen) atoms. The van der Waals surface area contributed by atoms with Gasteiger partial charge in [-0.15, -0.1) is 0 Å². The van der Waals surface area contributed by atoms with Gasteiger partial charge in [-0.25, -0.2) is 4.79 Å². The summed E-state index contributed by atoms with van der Waals surface area (Å²) in [4.78, 5) is 25.2. The van der Waals surface area contributed by atoms with Crippen LogP contribution in [0.25, 0.3) is 0 Å². The third kappa shape index (κ3) is 2.88. The summed E-state index contributed by atoms with van der Waals surface area (Å²) in [5.74, 6) is -1.51. The van der Waals surface area contributed by atoms with Crippen molar-refractivity contribution >= 4 is 11.9 Å². The van der Waals surface area contributed by atoms with Gasteiger partial charge in [-0.1, -0.05) is 30.3 Å². The number of carbonyl (C=O) groups excluding carboxylic acids is 1. The second-order valence-corrected chi connectivity index (χ2v) is 5.45. The van der Waals surface area contributed by atoms with Gasteiger partial charge in [-0.3, -0.25) is 4.79 Å². The molecule has 114 valence electrons. The number of furan rings is 1. The highest BCUT2D eigenvalue weighted by molar-refractivity contribution is 5.93. The number of hydrogen-bond donors (Lipinski definition) is 1. The number of likely N-dealkylation sites (tertiary alicyclic amines) is 1. The lowest BCUT2D eigenvalue weighted by Crippen LogP contribution is -2.36. The van der Waals surface area contributed by atoms with Crippen molar-refractivity contribution in [2.45, 2.75) is 25.3 Å². The molecule has 5 heteroatoms. The second kappa shape index (κ2) is 6.05. The number of carbonyl (C=O) groups is 2. The third-order valence-corrected chi connectivity index (χ3v) is 3.98. The van der Waals surface area contributed by atoms with Crippen molar-refractivity contribution in [3.05, 3.63) is 59.5 Å². The maximum absolute atomic E-state index is 12.5. The van der Waals surface area contributed by atoms with E-state index >= 15 is 0 Å². The molecule has 1 aromatic carbocycles. The standard InChI is InChI=1S/C17H17NO4/c19-16(14-8-9-15(22-14)17(20)21)18-10-4-7-13(18)11-12-5-2-1-3-6-12/h1-3,5-6,8-9,13H,4,7,10-11H2,(H,20,21)/t13-/m0/s1. The van der Waals surface area contributed by atoms with E-state index in [1.165, 1.54) is 17.7 Å². The molecular weight excluding hydrogens is 282 g/mol. The Kier molecular flexibility index (Phi) is 3.96. The molecular formula is C17H17NO4. The van der Waals surface area contributed by atoms with Gasteiger partial charge in [0.25, 0.3) is 5.91 Å². The second-order valence-electron chi connectivity index (χ2n) is 5.45. The molecule has 1 N–H and O–H groups in total. The average molecular weight is 299 g/mol. The summed E-state index contributed by atoms with van der Waals surface area (Å²) in [5, 5.41) is 8.87. The molecule has 0 aliphatic carbocycles. The minimum Gasteiger partial charge on any atom is -0.475 e. The summed E-state index contributed by atoms with van der Waals surface area (Å²) in [6, 6.07) is 12.9. The van der Waals surface area contributed by atoms with E-state index in [0.717, 1.165) is 19.3 Å². The van der Waals surface area contributed by atoms with Crippen LogP contribution in [0.3, 0.4) is 0 Å². The fourth-order valence-corrected chi connectivity index (χ4v) is 2.91. The largest absolute Gasteiger partial charge is 0.475 e. The van der Waals surface area contributed by atoms with E-state index in [1.54, 1.807) is 4.90 Å². The lowest BCUT2D eigenvalue weighted by molar-refractivity contribution is 0.0646. The molecule has 5 nitrogen and oxygen atoms in total. The van der Waals surface area contributed by atoms with Crippen LogP contribution in [0, 0.1) is 0 Å². The number of benzene rings is 1. The molecule has 1 fully saturated rings. The Morgan fingerprint density at radius 1 is 1.14 bits per heavy atom. The van der Waals surface area contributed by atoms with E-state index in [1.807, 2.05) is 18.2 Å². The van der Waals surface area contributed by atoms with Gasteiger partial charge in [0, 0.05) is 12.6 Å². The number of rotatable bonds is 4. The van der Waals surface area contributed by atoms with Gasteiger partial charge in [0.05, 0.1) is 0 Å². The zero-order valence-electron chi connectivity index (χ0n) is 12.1. The Labute approximate surface area is 128 Å². The van der Waals surface area contributed by atoms with E-state index in [2.05, 4.69) is 12.1 Å². The summed E-state index contributed by atoms with van der Waals surface area (Å²) in [6.45, 7) is 0.680. The minimum absolute atomic E-state index is 0.0948. The number of hydrogen-bond acceptors (Lipinski definition) is 3. The fourth-order valence-electron chi connectivity index (χ4n) is 2.91. The van der Waals surface area contributed by atoms with Crippen LogP contribution in [-0.2, 0) is 6.42 Å². The van der Waals surface area contributed by atoms with Gasteiger partial charge in [0.2, 0.25) is 5.76 Å². The first-order chi connectivity index (χ1) is 10.6. The topological polar surface area (TPSA) is 70.8 Å². The number of aromatic carboxylic acids is 1. The third-order valence-electron chi connectivity index (χ3n) is 3.98. The van der Waals surface area contributed by atoms with Crippen LogP contribution in [0.2, 0.25) is 0 Å². The van der Waals surface area contributed by atoms with Crippen molar-refractivity contribution < 1.29 is 19.1 Å². The number of nitrogens with zero attached hydrogens (tertiary/aromatic N) is 1. The van der Waals surface area contributed by atoms with E-state index in [4.69, 9.17) is 9.52 Å². The van der Waals surface area contributed by atoms with E-state index < -0.39 is 5.97 Å². The summed E-state index contributed by atoms with van der Waals surface area (Å²) in [7, 11) is 0. The molecule has 3 rings (SSSR count). The first-order valence-electron chi connectivity index (χ1n) is 7.33. The average Bonchev–Trinajstić information content (AvgIpc) is 3.17. The maximum atomic E-state index is 12.5. The van der Waals surface area contributed by atoms with Crippen molar-refractivity contribution in [2.24, 2.45) is 0 Å². The highest BCUT2D eigenvalue weighted by Crippen LogP contribution is 2.24. The molecule has 1 aliphatic heterocycles. The van der Waals surface area contributed by atoms with Crippen molar-refractivity contribution in [1.82, 2.24) is 4.90 Å². The lowest BCUT2D eigenvalue weighted by Gasteiger charge is -2.23. The monoisotopic (exact) mass is 299 g/mol. The quantitative estimate of drug-likeness (QED) is 0.942. The first-order valence-corrected chi connectivity index (χ1v) is 7.33. The van der Waals surface area contributed by atoms with Crippen molar-refractivity contribution in [3.63, 3.8) is 0 Å². The number of amides is 1. The molecule has 1 aliphatic rings. The van der Waals surface area contributed by atoms with Crippen molar-refractivity contribution in [1.29, 1.82) is 0 Å². The molecule has 0 unspecified atom stereocenters. The van der Waals surface area contributed by atoms with Gasteiger partial charge in [0.1, 0.15) is 0 Å². The van der Waals surface area contributed by atoms with Crippen LogP contribution in [0.5, 0.6) is 0 Å². The zero-order valence-corrected chi connectivity index (χ0v) is 12.1. The smallest absolute Gasteiger partial charge is 0.371 e. The van der Waals surface area contributed by atoms with E-state index in [9.17, 15) is 9.59 Å². The van der Waals surface area contributed by atoms with Crippen molar-refractivity contribution in [2.75, 3.05) is 6.54 Å². The SMILES string of the molecule is O=C(O)c1ccc(C(=O)N2CCC[C@H]2Cc2ccccc2)o1. The normalized spacial score (nSPS) is 17.6. The Bertz CT molecular complexity index is 677. The van der Waals surface area contributed by atoms with Crippen LogP contribution in [-0.4, -0.2) is 34.5 Å². The molecule has 1 saturated heterocycles. The summed E-state index contributed by atoms with van der Waals surface area (Å²) in [6.07, 6.45) is 2.71. The molecule has 2 heterocycles. The van der Waals surface area contributed by atoms with Gasteiger partial charge in [-0.2, -0.15) is 0 Å². The molecule has 0 bridgehead atoms. The van der Waals surface area contributed by atoms with Crippen LogP contribution >= 0.6 is 0 Å². The van der Waals surface area contributed by atoms with Gasteiger partial charge >= 0.3 is 5.97 Å². The summed E-state index contributed by atoms with van der Waals surface area (Å²) < 4.78 is 5.13. The Hall–Kier alpha value is -2.56. The first kappa shape index (κ1) is 14.4. The van der Waals surface area contributed by atoms with E-state index in [0.29, 0.717) is 6.54 Å². The van der Waals surface area contributed by atoms with Gasteiger partial charge in [-0.05, 0) is 37.0 Å². The maximum Gasteiger partial charge on any atom is 0.371 e. The van der Waals surface area contributed by atoms with Crippen LogP contribution in [0.15, 0.2) is 46.9 Å². The Morgan fingerprint density at radius 2 is 1.86 bits per heavy atom. The van der Waals surface area contributed by atoms with Crippen LogP contribution < -0.4 is 0 Å². The highest BCUT2D eigenvalue weighted by Gasteiger charge is 2.31. The fraction of sp³-hybridized carbons (Fsp3) is 0.294. The predicted molar refractivity (Wildman–Crippen MR) is 79.9 cm³/mol. The summed E-state index contributed by atoms with van der Waals surface area (Å²) in [5.41, 5.74) is 1.19. The van der Waals surface area contributed by atoms with Gasteiger partial charge in [0.15, 0.2) is 5.76 Å². The lowest BCUT2D eigenvalue weighted by atomic mass is 10.0. The van der Waals surface area contributed by atoms with E-state index in [-0.39, 0.29) is 23.5 Å². The molecule has 1 amide bonds. The predicted octanol–water partition coefficient (Wildman–Crippen LogP) is 2.83. The van der Waals surface area contributed by atoms with Crippen LogP contribution in [0.1, 0.15) is 39.5 Å². The van der Waals surface area contributed by atoms with Gasteiger partial charge < -0.3 is 14.4 Å². The molecule has 0 saturated carbocycles. The van der Waals surface area contributed by atoms with Crippen molar-refractivity contribution in [3.8, 4) is 0 Å². The molecule has 0 spiro atoms. The molecule has 1 aromatic heterocycles. The highest BCUT2D eigenvalue weighted by atomic mass is 16.4. The van der Waals surface area contributed by atoms with Crippen LogP contribution in [0.4, 0.5) is 0 Å². The zero-order chi connectivity index (χ0) is 15.5. The summed E-state index contributed by atoms with van der Waals surface area (Å²) >= 11 is 0. The Balaban J connectivity index is 1.74. The molecule has 0 radical (unpaired) electrons.